The minimum Gasteiger partial charge on any atom is -0.444 e. The zero-order valence-corrected chi connectivity index (χ0v) is 25.1. The van der Waals surface area contributed by atoms with Crippen LogP contribution in [0, 0.1) is 13.8 Å². The molecule has 3 amide bonds. The molecule has 1 fully saturated rings. The van der Waals surface area contributed by atoms with Crippen LogP contribution in [0.15, 0.2) is 59.2 Å². The molecule has 1 aliphatic heterocycles. The summed E-state index contributed by atoms with van der Waals surface area (Å²) in [7, 11) is 0. The minimum atomic E-state index is -0.653. The zero-order chi connectivity index (χ0) is 29.0. The summed E-state index contributed by atoms with van der Waals surface area (Å²) in [6, 6.07) is 15.2. The normalized spacial score (nSPS) is 14.9. The maximum atomic E-state index is 13.1. The van der Waals surface area contributed by atoms with E-state index in [0.29, 0.717) is 25.1 Å². The van der Waals surface area contributed by atoms with Crippen molar-refractivity contribution in [2.75, 3.05) is 11.9 Å². The van der Waals surface area contributed by atoms with Crippen LogP contribution in [0.2, 0.25) is 0 Å². The number of pyridine rings is 1. The van der Waals surface area contributed by atoms with E-state index in [0.717, 1.165) is 32.3 Å². The van der Waals surface area contributed by atoms with E-state index in [2.05, 4.69) is 44.5 Å². The van der Waals surface area contributed by atoms with Crippen molar-refractivity contribution in [1.29, 1.82) is 0 Å². The summed E-state index contributed by atoms with van der Waals surface area (Å²) in [5, 5.41) is 5.89. The fraction of sp³-hybridized carbons (Fsp3) is 0.355. The van der Waals surface area contributed by atoms with Crippen molar-refractivity contribution in [3.05, 3.63) is 81.6 Å². The van der Waals surface area contributed by atoms with Crippen molar-refractivity contribution in [2.24, 2.45) is 0 Å². The van der Waals surface area contributed by atoms with Crippen molar-refractivity contribution in [1.82, 2.24) is 15.2 Å². The Hall–Kier alpha value is -3.72. The Kier molecular flexibility index (Phi) is 8.93. The molecule has 1 saturated heterocycles. The first kappa shape index (κ1) is 29.3. The van der Waals surface area contributed by atoms with Gasteiger partial charge >= 0.3 is 6.09 Å². The second-order valence-corrected chi connectivity index (χ2v) is 11.9. The molecule has 210 valence electrons. The van der Waals surface area contributed by atoms with Gasteiger partial charge in [0.05, 0.1) is 6.54 Å². The maximum absolute atomic E-state index is 13.1. The molecule has 3 aromatic rings. The van der Waals surface area contributed by atoms with Gasteiger partial charge in [0.2, 0.25) is 5.91 Å². The van der Waals surface area contributed by atoms with Crippen LogP contribution in [-0.2, 0) is 16.1 Å². The Balaban J connectivity index is 1.47. The molecule has 0 saturated carbocycles. The van der Waals surface area contributed by atoms with Gasteiger partial charge in [0.25, 0.3) is 5.91 Å². The topological polar surface area (TPSA) is 101 Å². The Morgan fingerprint density at radius 2 is 1.77 bits per heavy atom. The number of carbonyl (C=O) groups excluding carboxylic acids is 3. The van der Waals surface area contributed by atoms with Crippen molar-refractivity contribution < 1.29 is 19.1 Å². The van der Waals surface area contributed by atoms with E-state index in [1.54, 1.807) is 23.2 Å². The van der Waals surface area contributed by atoms with Gasteiger partial charge in [-0.25, -0.2) is 4.79 Å². The van der Waals surface area contributed by atoms with Crippen LogP contribution in [0.25, 0.3) is 11.1 Å². The number of anilines is 1. The molecule has 1 aromatic heterocycles. The highest BCUT2D eigenvalue weighted by Crippen LogP contribution is 2.33. The van der Waals surface area contributed by atoms with Gasteiger partial charge in [-0.15, -0.1) is 0 Å². The number of nitrogens with zero attached hydrogens (tertiary/aromatic N) is 2. The van der Waals surface area contributed by atoms with E-state index < -0.39 is 11.7 Å². The van der Waals surface area contributed by atoms with E-state index in [4.69, 9.17) is 4.74 Å². The Labute approximate surface area is 243 Å². The van der Waals surface area contributed by atoms with Crippen molar-refractivity contribution in [3.63, 3.8) is 0 Å². The molecule has 0 bridgehead atoms. The standard InChI is InChI=1S/C31H35BrN4O4/c1-19-23(8-6-10-25(19)32)24-9-7-11-26(20(24)2)35-29(38)27-14-12-21(16-33-27)17-36(30(39)40-31(3,4)5)18-22-13-15-28(37)34-22/h6-12,14,16,22H,13,15,17-18H2,1-5H3,(H,34,37)(H,35,38)/t22-/m0/s1. The van der Waals surface area contributed by atoms with Gasteiger partial charge in [-0.05, 0) is 87.1 Å². The number of rotatable bonds is 7. The molecule has 0 spiro atoms. The number of nitrogens with one attached hydrogen (secondary N) is 2. The molecule has 1 aliphatic rings. The maximum Gasteiger partial charge on any atom is 0.410 e. The van der Waals surface area contributed by atoms with Crippen LogP contribution in [-0.4, -0.2) is 46.0 Å². The Morgan fingerprint density at radius 3 is 2.40 bits per heavy atom. The Bertz CT molecular complexity index is 1420. The lowest BCUT2D eigenvalue weighted by molar-refractivity contribution is -0.119. The summed E-state index contributed by atoms with van der Waals surface area (Å²) in [4.78, 5) is 43.6. The lowest BCUT2D eigenvalue weighted by Crippen LogP contribution is -2.43. The van der Waals surface area contributed by atoms with Crippen molar-refractivity contribution in [2.45, 2.75) is 65.6 Å². The van der Waals surface area contributed by atoms with E-state index in [-0.39, 0.29) is 30.1 Å². The fourth-order valence-electron chi connectivity index (χ4n) is 4.63. The highest BCUT2D eigenvalue weighted by Gasteiger charge is 2.28. The van der Waals surface area contributed by atoms with E-state index in [1.807, 2.05) is 58.0 Å². The molecular formula is C31H35BrN4O4. The fourth-order valence-corrected chi connectivity index (χ4v) is 5.00. The van der Waals surface area contributed by atoms with Crippen LogP contribution in [0.5, 0.6) is 0 Å². The van der Waals surface area contributed by atoms with Gasteiger partial charge in [0.15, 0.2) is 0 Å². The summed E-state index contributed by atoms with van der Waals surface area (Å²) < 4.78 is 6.62. The predicted molar refractivity (Wildman–Crippen MR) is 159 cm³/mol. The van der Waals surface area contributed by atoms with Crippen LogP contribution in [0.4, 0.5) is 10.5 Å². The number of ether oxygens (including phenoxy) is 1. The summed E-state index contributed by atoms with van der Waals surface area (Å²) in [6.45, 7) is 10.1. The van der Waals surface area contributed by atoms with Crippen LogP contribution < -0.4 is 10.6 Å². The number of carbonyl (C=O) groups is 3. The van der Waals surface area contributed by atoms with Gasteiger partial charge in [-0.2, -0.15) is 0 Å². The number of benzene rings is 2. The third-order valence-corrected chi connectivity index (χ3v) is 7.61. The SMILES string of the molecule is Cc1c(Br)cccc1-c1cccc(NC(=O)c2ccc(CN(C[C@@H]3CCC(=O)N3)C(=O)OC(C)(C)C)cn2)c1C. The number of aromatic nitrogens is 1. The number of hydrogen-bond donors (Lipinski definition) is 2. The monoisotopic (exact) mass is 606 g/mol. The van der Waals surface area contributed by atoms with Crippen molar-refractivity contribution >= 4 is 39.5 Å². The molecule has 9 heteroatoms. The molecule has 2 aromatic carbocycles. The molecular weight excluding hydrogens is 572 g/mol. The lowest BCUT2D eigenvalue weighted by Gasteiger charge is -2.29. The average molecular weight is 608 g/mol. The van der Waals surface area contributed by atoms with Crippen LogP contribution >= 0.6 is 15.9 Å². The third-order valence-electron chi connectivity index (χ3n) is 6.75. The number of amides is 3. The van der Waals surface area contributed by atoms with Gasteiger partial charge in [-0.3, -0.25) is 14.6 Å². The molecule has 2 heterocycles. The molecule has 2 N–H and O–H groups in total. The number of halogens is 1. The summed E-state index contributed by atoms with van der Waals surface area (Å²) >= 11 is 3.60. The second-order valence-electron chi connectivity index (χ2n) is 11.1. The highest BCUT2D eigenvalue weighted by molar-refractivity contribution is 9.10. The van der Waals surface area contributed by atoms with Gasteiger partial charge in [0, 0.05) is 35.4 Å². The van der Waals surface area contributed by atoms with E-state index >= 15 is 0 Å². The predicted octanol–water partition coefficient (Wildman–Crippen LogP) is 6.40. The van der Waals surface area contributed by atoms with Crippen LogP contribution in [0.3, 0.4) is 0 Å². The molecule has 40 heavy (non-hydrogen) atoms. The van der Waals surface area contributed by atoms with Crippen molar-refractivity contribution in [3.8, 4) is 11.1 Å². The van der Waals surface area contributed by atoms with Gasteiger partial charge in [-0.1, -0.05) is 46.3 Å². The molecule has 0 unspecified atom stereocenters. The van der Waals surface area contributed by atoms with E-state index in [1.165, 1.54) is 0 Å². The first-order chi connectivity index (χ1) is 18.9. The Morgan fingerprint density at radius 1 is 1.07 bits per heavy atom. The highest BCUT2D eigenvalue weighted by atomic mass is 79.9. The summed E-state index contributed by atoms with van der Waals surface area (Å²) in [6.07, 6.45) is 2.24. The molecule has 8 nitrogen and oxygen atoms in total. The first-order valence-corrected chi connectivity index (χ1v) is 14.1. The second kappa shape index (κ2) is 12.2. The summed E-state index contributed by atoms with van der Waals surface area (Å²) in [5.74, 6) is -0.339. The van der Waals surface area contributed by atoms with E-state index in [9.17, 15) is 14.4 Å². The first-order valence-electron chi connectivity index (χ1n) is 13.3. The average Bonchev–Trinajstić information content (AvgIpc) is 3.30. The quantitative estimate of drug-likeness (QED) is 0.324. The lowest BCUT2D eigenvalue weighted by atomic mass is 9.95. The molecule has 4 rings (SSSR count). The molecule has 0 aliphatic carbocycles. The van der Waals surface area contributed by atoms with Gasteiger partial charge < -0.3 is 20.3 Å². The molecule has 0 radical (unpaired) electrons. The third kappa shape index (κ3) is 7.27. The smallest absolute Gasteiger partial charge is 0.410 e. The largest absolute Gasteiger partial charge is 0.444 e. The summed E-state index contributed by atoms with van der Waals surface area (Å²) in [5.41, 5.74) is 5.29. The zero-order valence-electron chi connectivity index (χ0n) is 23.5. The number of hydrogen-bond acceptors (Lipinski definition) is 5. The minimum absolute atomic E-state index is 0.0151. The van der Waals surface area contributed by atoms with Crippen LogP contribution in [0.1, 0.15) is 60.8 Å². The van der Waals surface area contributed by atoms with Gasteiger partial charge in [0.1, 0.15) is 11.3 Å². The molecule has 1 atom stereocenters.